The van der Waals surface area contributed by atoms with Gasteiger partial charge in [-0.2, -0.15) is 13.2 Å². The van der Waals surface area contributed by atoms with Gasteiger partial charge in [0.15, 0.2) is 0 Å². The van der Waals surface area contributed by atoms with Crippen LogP contribution < -0.4 is 0 Å². The molecule has 0 atom stereocenters. The first-order valence-electron chi connectivity index (χ1n) is 8.95. The molecule has 1 saturated carbocycles. The molecule has 0 unspecified atom stereocenters. The molecule has 1 aromatic rings. The summed E-state index contributed by atoms with van der Waals surface area (Å²) in [5.74, 6) is 2.01. The summed E-state index contributed by atoms with van der Waals surface area (Å²) >= 11 is 0. The second-order valence-electron chi connectivity index (χ2n) is 7.42. The van der Waals surface area contributed by atoms with E-state index in [-0.39, 0.29) is 0 Å². The fourth-order valence-corrected chi connectivity index (χ4v) is 5.95. The average molecular weight is 374 g/mol. The molecule has 0 radical (unpaired) electrons. The number of rotatable bonds is 1. The summed E-state index contributed by atoms with van der Waals surface area (Å²) < 4.78 is 46.4. The third kappa shape index (κ3) is 4.82. The first-order chi connectivity index (χ1) is 11.9. The first kappa shape index (κ1) is 18.8. The van der Waals surface area contributed by atoms with Crippen molar-refractivity contribution in [1.29, 1.82) is 0 Å². The van der Waals surface area contributed by atoms with Crippen LogP contribution in [0.5, 0.6) is 0 Å². The van der Waals surface area contributed by atoms with Gasteiger partial charge in [-0.1, -0.05) is 18.9 Å². The van der Waals surface area contributed by atoms with Crippen LogP contribution in [0.2, 0.25) is 0 Å². The summed E-state index contributed by atoms with van der Waals surface area (Å²) in [4.78, 5) is 5.83. The molecule has 1 aliphatic carbocycles. The van der Waals surface area contributed by atoms with Crippen LogP contribution in [0.3, 0.4) is 0 Å². The first-order valence-corrected chi connectivity index (χ1v) is 10.4. The van der Waals surface area contributed by atoms with Gasteiger partial charge < -0.3 is 4.90 Å². The van der Waals surface area contributed by atoms with Crippen molar-refractivity contribution in [2.24, 2.45) is 5.41 Å². The number of hydrogen-bond donors (Lipinski definition) is 0. The van der Waals surface area contributed by atoms with Gasteiger partial charge in [0.05, 0.1) is 0 Å². The van der Waals surface area contributed by atoms with Crippen molar-refractivity contribution >= 4 is 10.8 Å². The zero-order chi connectivity index (χ0) is 17.9. The van der Waals surface area contributed by atoms with Gasteiger partial charge in [-0.3, -0.25) is 9.19 Å². The van der Waals surface area contributed by atoms with E-state index in [1.807, 2.05) is 0 Å². The van der Waals surface area contributed by atoms with Crippen LogP contribution in [0.4, 0.5) is 13.2 Å². The van der Waals surface area contributed by atoms with E-state index >= 15 is 0 Å². The molecule has 1 spiro atoms. The molecule has 140 valence electrons. The average Bonchev–Trinajstić information content (AvgIpc) is 3.09. The highest BCUT2D eigenvalue weighted by Crippen LogP contribution is 2.41. The van der Waals surface area contributed by atoms with E-state index in [1.54, 1.807) is 0 Å². The van der Waals surface area contributed by atoms with Gasteiger partial charge in [0.2, 0.25) is 0 Å². The van der Waals surface area contributed by atoms with E-state index in [1.165, 1.54) is 63.7 Å². The zero-order valence-corrected chi connectivity index (χ0v) is 15.1. The lowest BCUT2D eigenvalue weighted by Crippen LogP contribution is -2.53. The molecule has 0 amide bonds. The molecule has 0 bridgehead atoms. The summed E-state index contributed by atoms with van der Waals surface area (Å²) in [5.41, 5.74) is -0.338. The third-order valence-electron chi connectivity index (χ3n) is 5.59. The van der Waals surface area contributed by atoms with Crippen molar-refractivity contribution < 1.29 is 17.4 Å². The molecule has 1 aromatic heterocycles. The maximum absolute atomic E-state index is 11.7. The number of hydrogen-bond acceptors (Lipinski definition) is 3. The number of aromatic nitrogens is 1. The quantitative estimate of drug-likeness (QED) is 0.748. The number of alkyl halides is 3. The van der Waals surface area contributed by atoms with E-state index in [4.69, 9.17) is 0 Å². The molecule has 2 aliphatic heterocycles. The van der Waals surface area contributed by atoms with E-state index < -0.39 is 22.7 Å². The van der Waals surface area contributed by atoms with Gasteiger partial charge in [-0.05, 0) is 56.3 Å². The lowest BCUT2D eigenvalue weighted by Gasteiger charge is -2.48. The number of halogens is 3. The minimum absolute atomic E-state index is 0.461. The van der Waals surface area contributed by atoms with Crippen LogP contribution in [-0.2, 0) is 17.0 Å². The van der Waals surface area contributed by atoms with Gasteiger partial charge in [0.25, 0.3) is 0 Å². The number of pyridine rings is 1. The molecule has 4 rings (SSSR count). The highest BCUT2D eigenvalue weighted by atomic mass is 32.2. The Balaban J connectivity index is 0.000000160. The van der Waals surface area contributed by atoms with E-state index in [0.717, 1.165) is 29.8 Å². The van der Waals surface area contributed by atoms with Crippen molar-refractivity contribution in [2.75, 3.05) is 24.6 Å². The van der Waals surface area contributed by atoms with Crippen molar-refractivity contribution in [3.8, 4) is 0 Å². The van der Waals surface area contributed by atoms with Crippen molar-refractivity contribution in [3.05, 3.63) is 30.1 Å². The highest BCUT2D eigenvalue weighted by Gasteiger charge is 2.45. The third-order valence-corrected chi connectivity index (χ3v) is 7.46. The van der Waals surface area contributed by atoms with Crippen LogP contribution in [0.25, 0.3) is 0 Å². The Labute approximate surface area is 149 Å². The van der Waals surface area contributed by atoms with Crippen molar-refractivity contribution in [1.82, 2.24) is 9.88 Å². The highest BCUT2D eigenvalue weighted by molar-refractivity contribution is 7.86. The SMILES string of the molecule is FC(F)(F)c1ccccn1.O=S1CC2(CCN(C3CCCC3)CC2)C1. The standard InChI is InChI=1S/C12H21NOS.C6H4F3N/c14-15-9-12(10-15)5-7-13(8-6-12)11-3-1-2-4-11;7-6(8,9)5-3-1-2-4-10-5/h11H,1-10H2;1-4H. The minimum atomic E-state index is -4.32. The van der Waals surface area contributed by atoms with Crippen LogP contribution in [0.1, 0.15) is 44.2 Å². The van der Waals surface area contributed by atoms with Crippen LogP contribution in [0.15, 0.2) is 24.4 Å². The lowest BCUT2D eigenvalue weighted by molar-refractivity contribution is -0.141. The van der Waals surface area contributed by atoms with Gasteiger partial charge in [0.1, 0.15) is 5.69 Å². The molecule has 3 heterocycles. The molecule has 25 heavy (non-hydrogen) atoms. The summed E-state index contributed by atoms with van der Waals surface area (Å²) in [7, 11) is -0.461. The van der Waals surface area contributed by atoms with Crippen LogP contribution in [0, 0.1) is 5.41 Å². The fraction of sp³-hybridized carbons (Fsp3) is 0.722. The Hall–Kier alpha value is -0.950. The molecule has 0 N–H and O–H groups in total. The van der Waals surface area contributed by atoms with Gasteiger partial charge in [0, 0.05) is 34.5 Å². The molecular formula is C18H25F3N2OS. The summed E-state index contributed by atoms with van der Waals surface area (Å²) in [5, 5.41) is 0. The molecule has 0 aromatic carbocycles. The zero-order valence-electron chi connectivity index (χ0n) is 14.3. The summed E-state index contributed by atoms with van der Waals surface area (Å²) in [6, 6.07) is 4.57. The normalized spacial score (nSPS) is 24.6. The second kappa shape index (κ2) is 7.74. The van der Waals surface area contributed by atoms with E-state index in [9.17, 15) is 17.4 Å². The molecular weight excluding hydrogens is 349 g/mol. The number of likely N-dealkylation sites (tertiary alicyclic amines) is 1. The van der Waals surface area contributed by atoms with Gasteiger partial charge in [-0.25, -0.2) is 0 Å². The van der Waals surface area contributed by atoms with Crippen molar-refractivity contribution in [2.45, 2.75) is 50.7 Å². The molecule has 3 fully saturated rings. The topological polar surface area (TPSA) is 33.2 Å². The predicted octanol–water partition coefficient (Wildman–Crippen LogP) is 3.87. The van der Waals surface area contributed by atoms with Gasteiger partial charge >= 0.3 is 6.18 Å². The van der Waals surface area contributed by atoms with Crippen molar-refractivity contribution in [3.63, 3.8) is 0 Å². The summed E-state index contributed by atoms with van der Waals surface area (Å²) in [6.07, 6.45) is 5.17. The molecule has 2 saturated heterocycles. The number of nitrogens with zero attached hydrogens (tertiary/aromatic N) is 2. The van der Waals surface area contributed by atoms with E-state index in [0.29, 0.717) is 5.41 Å². The van der Waals surface area contributed by atoms with E-state index in [2.05, 4.69) is 9.88 Å². The fourth-order valence-electron chi connectivity index (χ4n) is 4.09. The van der Waals surface area contributed by atoms with Crippen LogP contribution in [-0.4, -0.2) is 44.7 Å². The Morgan fingerprint density at radius 1 is 1.12 bits per heavy atom. The monoisotopic (exact) mass is 374 g/mol. The summed E-state index contributed by atoms with van der Waals surface area (Å²) in [6.45, 7) is 2.56. The molecule has 7 heteroatoms. The maximum atomic E-state index is 11.7. The predicted molar refractivity (Wildman–Crippen MR) is 92.6 cm³/mol. The largest absolute Gasteiger partial charge is 0.433 e. The maximum Gasteiger partial charge on any atom is 0.433 e. The molecule has 3 aliphatic rings. The number of piperidine rings is 1. The van der Waals surface area contributed by atoms with Crippen LogP contribution >= 0.6 is 0 Å². The Morgan fingerprint density at radius 3 is 2.20 bits per heavy atom. The Bertz CT molecular complexity index is 570. The van der Waals surface area contributed by atoms with Gasteiger partial charge in [-0.15, -0.1) is 0 Å². The Kier molecular flexibility index (Phi) is 5.83. The Morgan fingerprint density at radius 2 is 1.76 bits per heavy atom. The smallest absolute Gasteiger partial charge is 0.300 e. The second-order valence-corrected chi connectivity index (χ2v) is 8.87. The minimum Gasteiger partial charge on any atom is -0.300 e. The lowest BCUT2D eigenvalue weighted by atomic mass is 9.81. The molecule has 3 nitrogen and oxygen atoms in total.